The molecule has 0 aliphatic rings. The molecular weight excluding hydrogens is 326 g/mol. The molecule has 0 fully saturated rings. The number of ketones is 1. The lowest BCUT2D eigenvalue weighted by Gasteiger charge is -2.16. The maximum atomic E-state index is 12.0. The molecule has 0 aliphatic heterocycles. The zero-order valence-corrected chi connectivity index (χ0v) is 14.0. The third-order valence-electron chi connectivity index (χ3n) is 3.69. The smallest absolute Gasteiger partial charge is 0.220 e. The summed E-state index contributed by atoms with van der Waals surface area (Å²) in [6.07, 6.45) is 0.993. The molecular formula is C19H20ClNO3. The van der Waals surface area contributed by atoms with Crippen LogP contribution >= 0.6 is 11.6 Å². The highest BCUT2D eigenvalue weighted by Gasteiger charge is 2.14. The first kappa shape index (κ1) is 18.2. The predicted octanol–water partition coefficient (Wildman–Crippen LogP) is 3.54. The van der Waals surface area contributed by atoms with Crippen molar-refractivity contribution in [3.8, 4) is 0 Å². The Kier molecular flexibility index (Phi) is 6.97. The Morgan fingerprint density at radius 3 is 2.29 bits per heavy atom. The molecule has 2 N–H and O–H groups in total. The van der Waals surface area contributed by atoms with Crippen LogP contribution < -0.4 is 5.32 Å². The average molecular weight is 346 g/mol. The lowest BCUT2D eigenvalue weighted by molar-refractivity contribution is -0.122. The molecule has 24 heavy (non-hydrogen) atoms. The SMILES string of the molecule is O=C(CCCC(=O)c1ccc(Cl)cc1)NC(CO)c1ccccc1. The van der Waals surface area contributed by atoms with E-state index < -0.39 is 6.04 Å². The summed E-state index contributed by atoms with van der Waals surface area (Å²) in [6, 6.07) is 15.6. The summed E-state index contributed by atoms with van der Waals surface area (Å²) in [5.74, 6) is -0.192. The molecule has 1 unspecified atom stereocenters. The molecule has 126 valence electrons. The number of carbonyl (C=O) groups excluding carboxylic acids is 2. The number of benzene rings is 2. The Balaban J connectivity index is 1.78. The van der Waals surface area contributed by atoms with Crippen molar-refractivity contribution in [1.29, 1.82) is 0 Å². The maximum absolute atomic E-state index is 12.0. The van der Waals surface area contributed by atoms with Crippen LogP contribution in [0, 0.1) is 0 Å². The molecule has 0 radical (unpaired) electrons. The predicted molar refractivity (Wildman–Crippen MR) is 94.0 cm³/mol. The second-order valence-corrected chi connectivity index (χ2v) is 5.93. The van der Waals surface area contributed by atoms with E-state index in [4.69, 9.17) is 11.6 Å². The molecule has 0 saturated carbocycles. The fourth-order valence-electron chi connectivity index (χ4n) is 2.38. The van der Waals surface area contributed by atoms with Gasteiger partial charge in [0.05, 0.1) is 12.6 Å². The molecule has 0 saturated heterocycles. The van der Waals surface area contributed by atoms with E-state index in [9.17, 15) is 14.7 Å². The van der Waals surface area contributed by atoms with Gasteiger partial charge < -0.3 is 10.4 Å². The number of hydrogen-bond acceptors (Lipinski definition) is 3. The lowest BCUT2D eigenvalue weighted by atomic mass is 10.0. The number of amides is 1. The van der Waals surface area contributed by atoms with E-state index in [1.54, 1.807) is 24.3 Å². The van der Waals surface area contributed by atoms with E-state index in [1.807, 2.05) is 30.3 Å². The zero-order valence-electron chi connectivity index (χ0n) is 13.2. The van der Waals surface area contributed by atoms with Crippen LogP contribution in [-0.4, -0.2) is 23.4 Å². The van der Waals surface area contributed by atoms with Gasteiger partial charge >= 0.3 is 0 Å². The molecule has 2 rings (SSSR count). The topological polar surface area (TPSA) is 66.4 Å². The van der Waals surface area contributed by atoms with E-state index in [2.05, 4.69) is 5.32 Å². The van der Waals surface area contributed by atoms with Crippen LogP contribution in [0.5, 0.6) is 0 Å². The quantitative estimate of drug-likeness (QED) is 0.719. The second kappa shape index (κ2) is 9.21. The molecule has 0 aliphatic carbocycles. The third-order valence-corrected chi connectivity index (χ3v) is 3.95. The first-order chi connectivity index (χ1) is 11.6. The highest BCUT2D eigenvalue weighted by molar-refractivity contribution is 6.30. The van der Waals surface area contributed by atoms with E-state index in [-0.39, 0.29) is 24.7 Å². The first-order valence-corrected chi connectivity index (χ1v) is 8.22. The maximum Gasteiger partial charge on any atom is 0.220 e. The summed E-state index contributed by atoms with van der Waals surface area (Å²) in [5.41, 5.74) is 1.45. The van der Waals surface area contributed by atoms with Gasteiger partial charge in [-0.25, -0.2) is 0 Å². The number of carbonyl (C=O) groups is 2. The molecule has 1 amide bonds. The molecule has 0 aromatic heterocycles. The summed E-state index contributed by atoms with van der Waals surface area (Å²) in [4.78, 5) is 24.0. The summed E-state index contributed by atoms with van der Waals surface area (Å²) >= 11 is 5.79. The largest absolute Gasteiger partial charge is 0.394 e. The van der Waals surface area contributed by atoms with Crippen molar-refractivity contribution in [2.45, 2.75) is 25.3 Å². The molecule has 0 spiro atoms. The van der Waals surface area contributed by atoms with Crippen LogP contribution in [0.3, 0.4) is 0 Å². The minimum atomic E-state index is -0.425. The van der Waals surface area contributed by atoms with E-state index >= 15 is 0 Å². The van der Waals surface area contributed by atoms with Crippen LogP contribution in [0.15, 0.2) is 54.6 Å². The minimum absolute atomic E-state index is 0.0127. The molecule has 2 aromatic carbocycles. The van der Waals surface area contributed by atoms with Crippen LogP contribution in [-0.2, 0) is 4.79 Å². The summed E-state index contributed by atoms with van der Waals surface area (Å²) < 4.78 is 0. The van der Waals surface area contributed by atoms with Crippen molar-refractivity contribution >= 4 is 23.3 Å². The van der Waals surface area contributed by atoms with Crippen molar-refractivity contribution in [3.05, 3.63) is 70.7 Å². The minimum Gasteiger partial charge on any atom is -0.394 e. The Hall–Kier alpha value is -2.17. The molecule has 4 nitrogen and oxygen atoms in total. The first-order valence-electron chi connectivity index (χ1n) is 7.84. The van der Waals surface area contributed by atoms with Crippen LogP contribution in [0.2, 0.25) is 5.02 Å². The zero-order chi connectivity index (χ0) is 17.4. The fourth-order valence-corrected chi connectivity index (χ4v) is 2.50. The van der Waals surface area contributed by atoms with Gasteiger partial charge in [-0.1, -0.05) is 41.9 Å². The number of halogens is 1. The van der Waals surface area contributed by atoms with Gasteiger partial charge in [0.25, 0.3) is 0 Å². The van der Waals surface area contributed by atoms with Crippen LogP contribution in [0.4, 0.5) is 0 Å². The van der Waals surface area contributed by atoms with E-state index in [0.29, 0.717) is 23.4 Å². The van der Waals surface area contributed by atoms with Crippen LogP contribution in [0.1, 0.15) is 41.2 Å². The van der Waals surface area contributed by atoms with Crippen molar-refractivity contribution in [1.82, 2.24) is 5.32 Å². The van der Waals surface area contributed by atoms with Gasteiger partial charge in [0.1, 0.15) is 0 Å². The summed E-state index contributed by atoms with van der Waals surface area (Å²) in [6.45, 7) is -0.167. The Labute approximate surface area is 146 Å². The third kappa shape index (κ3) is 5.48. The van der Waals surface area contributed by atoms with Gasteiger partial charge in [0.2, 0.25) is 5.91 Å². The van der Waals surface area contributed by atoms with Crippen molar-refractivity contribution in [3.63, 3.8) is 0 Å². The van der Waals surface area contributed by atoms with Gasteiger partial charge in [-0.2, -0.15) is 0 Å². The summed E-state index contributed by atoms with van der Waals surface area (Å²) in [7, 11) is 0. The second-order valence-electron chi connectivity index (χ2n) is 5.50. The highest BCUT2D eigenvalue weighted by Crippen LogP contribution is 2.14. The van der Waals surface area contributed by atoms with Gasteiger partial charge in [-0.15, -0.1) is 0 Å². The van der Waals surface area contributed by atoms with Gasteiger partial charge in [0.15, 0.2) is 5.78 Å². The monoisotopic (exact) mass is 345 g/mol. The van der Waals surface area contributed by atoms with Crippen molar-refractivity contribution in [2.24, 2.45) is 0 Å². The Morgan fingerprint density at radius 1 is 1.00 bits per heavy atom. The fraction of sp³-hybridized carbons (Fsp3) is 0.263. The van der Waals surface area contributed by atoms with Gasteiger partial charge in [-0.05, 0) is 36.2 Å². The molecule has 1 atom stereocenters. The summed E-state index contributed by atoms with van der Waals surface area (Å²) in [5, 5.41) is 12.8. The number of rotatable bonds is 8. The van der Waals surface area contributed by atoms with E-state index in [0.717, 1.165) is 5.56 Å². The van der Waals surface area contributed by atoms with E-state index in [1.165, 1.54) is 0 Å². The Bertz CT molecular complexity index is 671. The number of nitrogens with one attached hydrogen (secondary N) is 1. The molecule has 5 heteroatoms. The van der Waals surface area contributed by atoms with Gasteiger partial charge in [-0.3, -0.25) is 9.59 Å². The molecule has 0 bridgehead atoms. The molecule has 0 heterocycles. The van der Waals surface area contributed by atoms with Gasteiger partial charge in [0, 0.05) is 23.4 Å². The number of aliphatic hydroxyl groups is 1. The average Bonchev–Trinajstić information content (AvgIpc) is 2.61. The lowest BCUT2D eigenvalue weighted by Crippen LogP contribution is -2.30. The number of aliphatic hydroxyl groups excluding tert-OH is 1. The standard InChI is InChI=1S/C19H20ClNO3/c20-16-11-9-15(10-12-16)18(23)7-4-8-19(24)21-17(13-22)14-5-2-1-3-6-14/h1-3,5-6,9-12,17,22H,4,7-8,13H2,(H,21,24). The van der Waals surface area contributed by atoms with Crippen molar-refractivity contribution in [2.75, 3.05) is 6.61 Å². The normalized spacial score (nSPS) is 11.8. The number of hydrogen-bond donors (Lipinski definition) is 2. The van der Waals surface area contributed by atoms with Crippen LogP contribution in [0.25, 0.3) is 0 Å². The highest BCUT2D eigenvalue weighted by atomic mass is 35.5. The Morgan fingerprint density at radius 2 is 1.67 bits per heavy atom. The number of Topliss-reactive ketones (excluding diaryl/α,β-unsaturated/α-hetero) is 1. The van der Waals surface area contributed by atoms with Crippen molar-refractivity contribution < 1.29 is 14.7 Å². The molecule has 2 aromatic rings.